The number of hydrogen-bond acceptors (Lipinski definition) is 4. The number of nitrogens with zero attached hydrogens (tertiary/aromatic N) is 4. The van der Waals surface area contributed by atoms with E-state index in [-0.39, 0.29) is 18.1 Å². The van der Waals surface area contributed by atoms with E-state index in [0.717, 1.165) is 32.6 Å². The van der Waals surface area contributed by atoms with E-state index in [9.17, 15) is 9.59 Å². The SMILES string of the molecule is O=C(O)c1ccnn1CC(=O)N1CCN2CCCC2C1. The maximum Gasteiger partial charge on any atom is 0.354 e. The second-order valence-corrected chi connectivity index (χ2v) is 5.35. The molecule has 7 heteroatoms. The zero-order chi connectivity index (χ0) is 14.1. The number of carboxylic acids is 1. The van der Waals surface area contributed by atoms with Gasteiger partial charge in [-0.3, -0.25) is 9.69 Å². The summed E-state index contributed by atoms with van der Waals surface area (Å²) in [6.45, 7) is 3.53. The van der Waals surface area contributed by atoms with Gasteiger partial charge < -0.3 is 10.0 Å². The lowest BCUT2D eigenvalue weighted by Gasteiger charge is -2.37. The molecule has 2 fully saturated rings. The Kier molecular flexibility index (Phi) is 3.43. The average molecular weight is 278 g/mol. The van der Waals surface area contributed by atoms with Crippen molar-refractivity contribution < 1.29 is 14.7 Å². The Morgan fingerprint density at radius 3 is 3.00 bits per heavy atom. The number of piperazine rings is 1. The van der Waals surface area contributed by atoms with Crippen molar-refractivity contribution in [2.75, 3.05) is 26.2 Å². The van der Waals surface area contributed by atoms with Crippen molar-refractivity contribution in [3.63, 3.8) is 0 Å². The number of rotatable bonds is 3. The zero-order valence-electron chi connectivity index (χ0n) is 11.2. The normalized spacial score (nSPS) is 22.8. The molecule has 108 valence electrons. The topological polar surface area (TPSA) is 78.7 Å². The Bertz CT molecular complexity index is 527. The van der Waals surface area contributed by atoms with Gasteiger partial charge in [0, 0.05) is 31.9 Å². The van der Waals surface area contributed by atoms with E-state index >= 15 is 0 Å². The summed E-state index contributed by atoms with van der Waals surface area (Å²) in [5.74, 6) is -1.11. The molecular formula is C13H18N4O3. The summed E-state index contributed by atoms with van der Waals surface area (Å²) in [5.41, 5.74) is 0.0536. The third kappa shape index (κ3) is 2.40. The van der Waals surface area contributed by atoms with Crippen LogP contribution in [0.3, 0.4) is 0 Å². The Hall–Kier alpha value is -1.89. The van der Waals surface area contributed by atoms with Crippen molar-refractivity contribution in [1.82, 2.24) is 19.6 Å². The summed E-state index contributed by atoms with van der Waals surface area (Å²) in [6.07, 6.45) is 3.76. The number of hydrogen-bond donors (Lipinski definition) is 1. The van der Waals surface area contributed by atoms with Crippen LogP contribution in [0, 0.1) is 0 Å². The standard InChI is InChI=1S/C13H18N4O3/c18-12(9-17-11(13(19)20)3-4-14-17)16-7-6-15-5-1-2-10(15)8-16/h3-4,10H,1-2,5-9H2,(H,19,20). The highest BCUT2D eigenvalue weighted by molar-refractivity contribution is 5.86. The highest BCUT2D eigenvalue weighted by Crippen LogP contribution is 2.21. The fourth-order valence-electron chi connectivity index (χ4n) is 3.09. The third-order valence-electron chi connectivity index (χ3n) is 4.16. The van der Waals surface area contributed by atoms with Crippen LogP contribution in [0.5, 0.6) is 0 Å². The van der Waals surface area contributed by atoms with Gasteiger partial charge in [-0.25, -0.2) is 9.48 Å². The summed E-state index contributed by atoms with van der Waals surface area (Å²) < 4.78 is 1.26. The highest BCUT2D eigenvalue weighted by Gasteiger charge is 2.32. The molecule has 1 aromatic rings. The van der Waals surface area contributed by atoms with E-state index in [0.29, 0.717) is 6.04 Å². The fourth-order valence-corrected chi connectivity index (χ4v) is 3.09. The number of carbonyl (C=O) groups is 2. The molecule has 2 aliphatic heterocycles. The highest BCUT2D eigenvalue weighted by atomic mass is 16.4. The number of aromatic nitrogens is 2. The van der Waals surface area contributed by atoms with Gasteiger partial charge in [0.05, 0.1) is 0 Å². The molecule has 1 aromatic heterocycles. The van der Waals surface area contributed by atoms with Crippen LogP contribution in [-0.2, 0) is 11.3 Å². The van der Waals surface area contributed by atoms with Crippen LogP contribution in [0.15, 0.2) is 12.3 Å². The van der Waals surface area contributed by atoms with Crippen molar-refractivity contribution in [3.05, 3.63) is 18.0 Å². The predicted octanol–water partition coefficient (Wildman–Crippen LogP) is -0.112. The van der Waals surface area contributed by atoms with Crippen LogP contribution in [0.1, 0.15) is 23.3 Å². The van der Waals surface area contributed by atoms with E-state index in [4.69, 9.17) is 5.11 Å². The molecule has 3 rings (SSSR count). The van der Waals surface area contributed by atoms with Crippen LogP contribution >= 0.6 is 0 Å². The molecule has 3 heterocycles. The van der Waals surface area contributed by atoms with Crippen molar-refractivity contribution in [1.29, 1.82) is 0 Å². The fraction of sp³-hybridized carbons (Fsp3) is 0.615. The van der Waals surface area contributed by atoms with Crippen molar-refractivity contribution in [2.45, 2.75) is 25.4 Å². The number of aromatic carboxylic acids is 1. The van der Waals surface area contributed by atoms with Gasteiger partial charge >= 0.3 is 5.97 Å². The molecule has 1 amide bonds. The van der Waals surface area contributed by atoms with Gasteiger partial charge in [0.15, 0.2) is 0 Å². The Morgan fingerprint density at radius 1 is 1.35 bits per heavy atom. The molecule has 0 aromatic carbocycles. The Morgan fingerprint density at radius 2 is 2.20 bits per heavy atom. The van der Waals surface area contributed by atoms with E-state index in [1.165, 1.54) is 23.4 Å². The van der Waals surface area contributed by atoms with Crippen LogP contribution < -0.4 is 0 Å². The van der Waals surface area contributed by atoms with Crippen molar-refractivity contribution in [3.8, 4) is 0 Å². The van der Waals surface area contributed by atoms with E-state index in [1.807, 2.05) is 4.90 Å². The number of fused-ring (bicyclic) bond motifs is 1. The first kappa shape index (κ1) is 13.1. The molecule has 2 aliphatic rings. The first-order valence-corrected chi connectivity index (χ1v) is 6.92. The van der Waals surface area contributed by atoms with E-state index < -0.39 is 5.97 Å². The number of carboxylic acid groups (broad SMARTS) is 1. The van der Waals surface area contributed by atoms with E-state index in [1.54, 1.807) is 0 Å². The first-order valence-electron chi connectivity index (χ1n) is 6.92. The van der Waals surface area contributed by atoms with Gasteiger partial charge in [-0.1, -0.05) is 0 Å². The largest absolute Gasteiger partial charge is 0.477 e. The van der Waals surface area contributed by atoms with Gasteiger partial charge in [0.25, 0.3) is 0 Å². The summed E-state index contributed by atoms with van der Waals surface area (Å²) >= 11 is 0. The molecule has 0 bridgehead atoms. The zero-order valence-corrected chi connectivity index (χ0v) is 11.2. The van der Waals surface area contributed by atoms with Crippen molar-refractivity contribution >= 4 is 11.9 Å². The van der Waals surface area contributed by atoms with Crippen LogP contribution in [0.2, 0.25) is 0 Å². The molecule has 0 aliphatic carbocycles. The average Bonchev–Trinajstić information content (AvgIpc) is 3.05. The minimum atomic E-state index is -1.06. The summed E-state index contributed by atoms with van der Waals surface area (Å²) in [5, 5.41) is 12.9. The molecule has 1 atom stereocenters. The molecule has 7 nitrogen and oxygen atoms in total. The molecule has 1 N–H and O–H groups in total. The molecule has 0 saturated carbocycles. The maximum atomic E-state index is 12.3. The molecular weight excluding hydrogens is 260 g/mol. The Balaban J connectivity index is 1.64. The lowest BCUT2D eigenvalue weighted by molar-refractivity contribution is -0.134. The molecule has 1 unspecified atom stereocenters. The number of amides is 1. The van der Waals surface area contributed by atoms with Crippen LogP contribution in [-0.4, -0.2) is 68.8 Å². The van der Waals surface area contributed by atoms with Crippen LogP contribution in [0.25, 0.3) is 0 Å². The molecule has 20 heavy (non-hydrogen) atoms. The molecule has 0 radical (unpaired) electrons. The Labute approximate surface area is 116 Å². The monoisotopic (exact) mass is 278 g/mol. The second-order valence-electron chi connectivity index (χ2n) is 5.35. The quantitative estimate of drug-likeness (QED) is 0.834. The second kappa shape index (κ2) is 5.24. The lowest BCUT2D eigenvalue weighted by Crippen LogP contribution is -2.52. The van der Waals surface area contributed by atoms with E-state index in [2.05, 4.69) is 10.00 Å². The smallest absolute Gasteiger partial charge is 0.354 e. The maximum absolute atomic E-state index is 12.3. The summed E-state index contributed by atoms with van der Waals surface area (Å²) in [6, 6.07) is 1.88. The minimum absolute atomic E-state index is 0.00134. The van der Waals surface area contributed by atoms with Gasteiger partial charge in [-0.15, -0.1) is 0 Å². The van der Waals surface area contributed by atoms with Gasteiger partial charge in [0.2, 0.25) is 5.91 Å². The molecule has 2 saturated heterocycles. The summed E-state index contributed by atoms with van der Waals surface area (Å²) in [7, 11) is 0. The van der Waals surface area contributed by atoms with Gasteiger partial charge in [-0.05, 0) is 25.5 Å². The number of carbonyl (C=O) groups excluding carboxylic acids is 1. The van der Waals surface area contributed by atoms with Crippen LogP contribution in [0.4, 0.5) is 0 Å². The van der Waals surface area contributed by atoms with Crippen molar-refractivity contribution in [2.24, 2.45) is 0 Å². The minimum Gasteiger partial charge on any atom is -0.477 e. The first-order chi connectivity index (χ1) is 9.65. The van der Waals surface area contributed by atoms with Gasteiger partial charge in [0.1, 0.15) is 12.2 Å². The molecule has 0 spiro atoms. The van der Waals surface area contributed by atoms with Gasteiger partial charge in [-0.2, -0.15) is 5.10 Å². The third-order valence-corrected chi connectivity index (χ3v) is 4.16. The summed E-state index contributed by atoms with van der Waals surface area (Å²) in [4.78, 5) is 27.5. The predicted molar refractivity (Wildman–Crippen MR) is 70.4 cm³/mol. The lowest BCUT2D eigenvalue weighted by atomic mass is 10.1.